The number of amides is 2. The van der Waals surface area contributed by atoms with Crippen molar-refractivity contribution in [3.63, 3.8) is 0 Å². The van der Waals surface area contributed by atoms with Gasteiger partial charge in [-0.2, -0.15) is 10.1 Å². The largest absolute Gasteiger partial charge is 0.334 e. The van der Waals surface area contributed by atoms with Crippen LogP contribution in [0.1, 0.15) is 42.5 Å². The third kappa shape index (κ3) is 4.83. The van der Waals surface area contributed by atoms with Gasteiger partial charge < -0.3 is 15.2 Å². The number of aryl methyl sites for hydroxylation is 2. The van der Waals surface area contributed by atoms with Crippen molar-refractivity contribution in [3.8, 4) is 17.3 Å². The van der Waals surface area contributed by atoms with E-state index in [1.807, 2.05) is 58.0 Å². The second-order valence-electron chi connectivity index (χ2n) is 7.86. The van der Waals surface area contributed by atoms with E-state index in [9.17, 15) is 4.79 Å². The molecule has 0 bridgehead atoms. The molecule has 0 fully saturated rings. The number of benzene rings is 1. The van der Waals surface area contributed by atoms with Crippen LogP contribution in [0.3, 0.4) is 0 Å². The molecule has 0 atom stereocenters. The lowest BCUT2D eigenvalue weighted by Gasteiger charge is -2.09. The molecular formula is C23H25N7O2. The Kier molecular flexibility index (Phi) is 5.98. The van der Waals surface area contributed by atoms with E-state index in [4.69, 9.17) is 4.52 Å². The van der Waals surface area contributed by atoms with Crippen LogP contribution in [0.2, 0.25) is 0 Å². The quantitative estimate of drug-likeness (QED) is 0.469. The van der Waals surface area contributed by atoms with Gasteiger partial charge >= 0.3 is 6.03 Å². The average Bonchev–Trinajstić information content (AvgIpc) is 3.40. The summed E-state index contributed by atoms with van der Waals surface area (Å²) in [5.74, 6) is 2.06. The molecule has 3 heterocycles. The normalized spacial score (nSPS) is 11.0. The summed E-state index contributed by atoms with van der Waals surface area (Å²) >= 11 is 0. The lowest BCUT2D eigenvalue weighted by molar-refractivity contribution is 0.251. The van der Waals surface area contributed by atoms with E-state index >= 15 is 0 Å². The summed E-state index contributed by atoms with van der Waals surface area (Å²) in [5, 5.41) is 14.0. The van der Waals surface area contributed by atoms with Crippen molar-refractivity contribution in [2.75, 3.05) is 5.32 Å². The van der Waals surface area contributed by atoms with Gasteiger partial charge in [0.2, 0.25) is 0 Å². The molecule has 164 valence electrons. The maximum Gasteiger partial charge on any atom is 0.319 e. The van der Waals surface area contributed by atoms with E-state index in [2.05, 4.69) is 30.9 Å². The highest BCUT2D eigenvalue weighted by molar-refractivity contribution is 5.89. The molecule has 0 unspecified atom stereocenters. The summed E-state index contributed by atoms with van der Waals surface area (Å²) in [6, 6.07) is 12.7. The van der Waals surface area contributed by atoms with Gasteiger partial charge in [-0.25, -0.2) is 14.5 Å². The monoisotopic (exact) mass is 431 g/mol. The van der Waals surface area contributed by atoms with Crippen molar-refractivity contribution in [1.82, 2.24) is 30.2 Å². The van der Waals surface area contributed by atoms with Crippen LogP contribution in [0, 0.1) is 13.8 Å². The van der Waals surface area contributed by atoms with E-state index in [1.54, 1.807) is 23.0 Å². The summed E-state index contributed by atoms with van der Waals surface area (Å²) < 4.78 is 7.09. The molecule has 3 aromatic heterocycles. The number of aromatic nitrogens is 5. The summed E-state index contributed by atoms with van der Waals surface area (Å²) in [5.41, 5.74) is 4.30. The molecule has 0 radical (unpaired) electrons. The molecule has 32 heavy (non-hydrogen) atoms. The number of anilines is 1. The van der Waals surface area contributed by atoms with Crippen LogP contribution >= 0.6 is 0 Å². The first-order valence-corrected chi connectivity index (χ1v) is 10.4. The number of pyridine rings is 1. The lowest BCUT2D eigenvalue weighted by Crippen LogP contribution is -2.28. The Morgan fingerprint density at radius 2 is 1.91 bits per heavy atom. The van der Waals surface area contributed by atoms with Crippen LogP contribution in [-0.4, -0.2) is 30.9 Å². The molecular weight excluding hydrogens is 406 g/mol. The molecule has 1 aromatic carbocycles. The molecule has 2 amide bonds. The number of nitrogens with zero attached hydrogens (tertiary/aromatic N) is 5. The van der Waals surface area contributed by atoms with E-state index in [-0.39, 0.29) is 11.9 Å². The average molecular weight is 432 g/mol. The summed E-state index contributed by atoms with van der Waals surface area (Å²) in [6.45, 7) is 8.30. The fraction of sp³-hybridized carbons (Fsp3) is 0.261. The predicted octanol–water partition coefficient (Wildman–Crippen LogP) is 4.38. The summed E-state index contributed by atoms with van der Waals surface area (Å²) in [7, 11) is 0. The first-order chi connectivity index (χ1) is 15.4. The highest BCUT2D eigenvalue weighted by Gasteiger charge is 2.12. The molecule has 0 saturated carbocycles. The second-order valence-corrected chi connectivity index (χ2v) is 7.86. The van der Waals surface area contributed by atoms with Crippen LogP contribution in [0.25, 0.3) is 17.3 Å². The minimum Gasteiger partial charge on any atom is -0.334 e. The maximum atomic E-state index is 12.3. The van der Waals surface area contributed by atoms with Gasteiger partial charge in [-0.15, -0.1) is 0 Å². The number of hydrogen-bond acceptors (Lipinski definition) is 6. The summed E-state index contributed by atoms with van der Waals surface area (Å²) in [4.78, 5) is 21.1. The molecule has 4 rings (SSSR count). The van der Waals surface area contributed by atoms with E-state index in [0.717, 1.165) is 28.3 Å². The summed E-state index contributed by atoms with van der Waals surface area (Å²) in [6.07, 6.45) is 1.73. The van der Waals surface area contributed by atoms with E-state index in [0.29, 0.717) is 23.9 Å². The first kappa shape index (κ1) is 21.2. The van der Waals surface area contributed by atoms with Crippen molar-refractivity contribution < 1.29 is 9.32 Å². The van der Waals surface area contributed by atoms with Gasteiger partial charge in [0.25, 0.3) is 5.89 Å². The topological polar surface area (TPSA) is 111 Å². The SMILES string of the molecule is Cc1cc(C)n(-c2ccc(CNC(=O)Nc3ccc(-c4nc(C(C)C)no4)cc3)cn2)n1. The molecule has 9 nitrogen and oxygen atoms in total. The van der Waals surface area contributed by atoms with Crippen molar-refractivity contribution in [3.05, 3.63) is 71.4 Å². The molecule has 0 aliphatic carbocycles. The van der Waals surface area contributed by atoms with Gasteiger partial charge in [0, 0.05) is 35.6 Å². The zero-order chi connectivity index (χ0) is 22.7. The zero-order valence-electron chi connectivity index (χ0n) is 18.5. The van der Waals surface area contributed by atoms with Crippen LogP contribution in [0.4, 0.5) is 10.5 Å². The Labute approximate surface area is 185 Å². The van der Waals surface area contributed by atoms with Gasteiger partial charge in [0.05, 0.1) is 5.69 Å². The van der Waals surface area contributed by atoms with Gasteiger partial charge in [0.1, 0.15) is 0 Å². The van der Waals surface area contributed by atoms with Crippen molar-refractivity contribution >= 4 is 11.7 Å². The lowest BCUT2D eigenvalue weighted by atomic mass is 10.2. The standard InChI is InChI=1S/C23H25N7O2/c1-14(2)21-27-22(32-29-21)18-6-8-19(9-7-18)26-23(31)25-13-17-5-10-20(24-12-17)30-16(4)11-15(3)28-30/h5-12,14H,13H2,1-4H3,(H2,25,26,31). The molecule has 4 aromatic rings. The van der Waals surface area contributed by atoms with Crippen LogP contribution in [0.5, 0.6) is 0 Å². The Hall–Kier alpha value is -4.01. The molecule has 0 aliphatic rings. The highest BCUT2D eigenvalue weighted by Crippen LogP contribution is 2.21. The van der Waals surface area contributed by atoms with Crippen molar-refractivity contribution in [2.24, 2.45) is 0 Å². The van der Waals surface area contributed by atoms with Gasteiger partial charge in [-0.05, 0) is 55.8 Å². The van der Waals surface area contributed by atoms with Gasteiger partial charge in [0.15, 0.2) is 11.6 Å². The van der Waals surface area contributed by atoms with Gasteiger partial charge in [-0.1, -0.05) is 25.1 Å². The Bertz CT molecular complexity index is 1210. The molecule has 0 aliphatic heterocycles. The van der Waals surface area contributed by atoms with E-state index in [1.165, 1.54) is 0 Å². The molecule has 2 N–H and O–H groups in total. The number of carbonyl (C=O) groups excluding carboxylic acids is 1. The third-order valence-corrected chi connectivity index (χ3v) is 4.84. The number of rotatable bonds is 6. The van der Waals surface area contributed by atoms with Crippen LogP contribution in [-0.2, 0) is 6.54 Å². The molecule has 0 spiro atoms. The van der Waals surface area contributed by atoms with Crippen molar-refractivity contribution in [2.45, 2.75) is 40.2 Å². The number of urea groups is 1. The smallest absolute Gasteiger partial charge is 0.319 e. The van der Waals surface area contributed by atoms with Crippen LogP contribution in [0.15, 0.2) is 53.2 Å². The number of hydrogen-bond donors (Lipinski definition) is 2. The number of nitrogens with one attached hydrogen (secondary N) is 2. The highest BCUT2D eigenvalue weighted by atomic mass is 16.5. The van der Waals surface area contributed by atoms with Gasteiger partial charge in [-0.3, -0.25) is 0 Å². The number of carbonyl (C=O) groups is 1. The maximum absolute atomic E-state index is 12.3. The fourth-order valence-corrected chi connectivity index (χ4v) is 3.15. The minimum absolute atomic E-state index is 0.197. The van der Waals surface area contributed by atoms with E-state index < -0.39 is 0 Å². The molecule has 9 heteroatoms. The van der Waals surface area contributed by atoms with Crippen molar-refractivity contribution in [1.29, 1.82) is 0 Å². The Morgan fingerprint density at radius 3 is 2.50 bits per heavy atom. The Morgan fingerprint density at radius 1 is 1.12 bits per heavy atom. The predicted molar refractivity (Wildman–Crippen MR) is 121 cm³/mol. The fourth-order valence-electron chi connectivity index (χ4n) is 3.15. The first-order valence-electron chi connectivity index (χ1n) is 10.4. The third-order valence-electron chi connectivity index (χ3n) is 4.84. The minimum atomic E-state index is -0.305. The van der Waals surface area contributed by atoms with Crippen LogP contribution < -0.4 is 10.6 Å². The second kappa shape index (κ2) is 9.01. The molecule has 0 saturated heterocycles. The Balaban J connectivity index is 1.31. The zero-order valence-corrected chi connectivity index (χ0v) is 18.5.